The van der Waals surface area contributed by atoms with Gasteiger partial charge in [0.15, 0.2) is 0 Å². The molecule has 2 amide bonds. The largest absolute Gasteiger partial charge is 0.371 e. The summed E-state index contributed by atoms with van der Waals surface area (Å²) in [6.07, 6.45) is 2.34. The molecule has 1 fully saturated rings. The number of halogens is 1. The van der Waals surface area contributed by atoms with Crippen molar-refractivity contribution in [1.82, 2.24) is 4.72 Å². The zero-order valence-electron chi connectivity index (χ0n) is 14.3. The summed E-state index contributed by atoms with van der Waals surface area (Å²) in [6, 6.07) is 8.83. The van der Waals surface area contributed by atoms with Crippen molar-refractivity contribution in [3.8, 4) is 0 Å². The van der Waals surface area contributed by atoms with Gasteiger partial charge in [-0.15, -0.1) is 0 Å². The number of sulfonamides is 1. The van der Waals surface area contributed by atoms with E-state index in [-0.39, 0.29) is 4.90 Å². The summed E-state index contributed by atoms with van der Waals surface area (Å²) in [5, 5.41) is 2.52. The van der Waals surface area contributed by atoms with Gasteiger partial charge in [0, 0.05) is 24.5 Å². The summed E-state index contributed by atoms with van der Waals surface area (Å²) in [5.41, 5.74) is 2.62. The van der Waals surface area contributed by atoms with Gasteiger partial charge in [-0.05, 0) is 67.8 Å². The van der Waals surface area contributed by atoms with Crippen molar-refractivity contribution in [2.45, 2.75) is 24.7 Å². The minimum Gasteiger partial charge on any atom is -0.371 e. The predicted octanol–water partition coefficient (Wildman–Crippen LogP) is 3.24. The Kier molecular flexibility index (Phi) is 5.13. The van der Waals surface area contributed by atoms with Crippen molar-refractivity contribution in [3.05, 3.63) is 53.8 Å². The molecule has 2 N–H and O–H groups in total. The number of nitrogens with zero attached hydrogens (tertiary/aromatic N) is 1. The number of benzene rings is 2. The van der Waals surface area contributed by atoms with E-state index in [0.717, 1.165) is 48.6 Å². The van der Waals surface area contributed by atoms with E-state index in [1.807, 2.05) is 17.7 Å². The summed E-state index contributed by atoms with van der Waals surface area (Å²) in [7, 11) is -4.06. The Morgan fingerprint density at radius 2 is 1.73 bits per heavy atom. The number of amides is 2. The lowest BCUT2D eigenvalue weighted by atomic mass is 10.1. The van der Waals surface area contributed by atoms with Gasteiger partial charge in [-0.3, -0.25) is 0 Å². The third-order valence-electron chi connectivity index (χ3n) is 4.25. The fourth-order valence-electron chi connectivity index (χ4n) is 3.00. The van der Waals surface area contributed by atoms with E-state index in [0.29, 0.717) is 5.69 Å². The molecule has 8 heteroatoms. The SMILES string of the molecule is Cc1cc(NC(=O)NS(=O)(=O)c2ccc(F)cc2)ccc1N1CCCC1. The molecule has 0 saturated carbocycles. The molecule has 0 unspecified atom stereocenters. The maximum absolute atomic E-state index is 12.9. The molecule has 6 nitrogen and oxygen atoms in total. The molecule has 0 bridgehead atoms. The molecule has 1 aliphatic heterocycles. The van der Waals surface area contributed by atoms with Crippen molar-refractivity contribution in [1.29, 1.82) is 0 Å². The summed E-state index contributed by atoms with van der Waals surface area (Å²) in [4.78, 5) is 14.1. The van der Waals surface area contributed by atoms with E-state index in [9.17, 15) is 17.6 Å². The lowest BCUT2D eigenvalue weighted by Crippen LogP contribution is -2.34. The first-order valence-corrected chi connectivity index (χ1v) is 9.78. The first kappa shape index (κ1) is 18.2. The van der Waals surface area contributed by atoms with Crippen LogP contribution < -0.4 is 14.9 Å². The van der Waals surface area contributed by atoms with Crippen LogP contribution in [0.4, 0.5) is 20.6 Å². The molecule has 2 aromatic carbocycles. The van der Waals surface area contributed by atoms with E-state index < -0.39 is 21.9 Å². The zero-order chi connectivity index (χ0) is 18.7. The molecule has 3 rings (SSSR count). The van der Waals surface area contributed by atoms with Gasteiger partial charge in [0.1, 0.15) is 5.82 Å². The molecule has 0 spiro atoms. The fourth-order valence-corrected chi connectivity index (χ4v) is 3.90. The average molecular weight is 377 g/mol. The average Bonchev–Trinajstić information content (AvgIpc) is 3.09. The molecule has 2 aromatic rings. The van der Waals surface area contributed by atoms with Gasteiger partial charge in [-0.25, -0.2) is 22.3 Å². The number of hydrogen-bond donors (Lipinski definition) is 2. The van der Waals surface area contributed by atoms with Crippen molar-refractivity contribution < 1.29 is 17.6 Å². The maximum atomic E-state index is 12.9. The Morgan fingerprint density at radius 1 is 1.08 bits per heavy atom. The van der Waals surface area contributed by atoms with Crippen molar-refractivity contribution in [3.63, 3.8) is 0 Å². The molecular formula is C18H20FN3O3S. The first-order chi connectivity index (χ1) is 12.3. The van der Waals surface area contributed by atoms with Gasteiger partial charge in [-0.1, -0.05) is 0 Å². The molecule has 0 atom stereocenters. The standard InChI is InChI=1S/C18H20FN3O3S/c1-13-12-15(6-9-17(13)22-10-2-3-11-22)20-18(23)21-26(24,25)16-7-4-14(19)5-8-16/h4-9,12H,2-3,10-11H2,1H3,(H2,20,21,23). The van der Waals surface area contributed by atoms with Gasteiger partial charge in [-0.2, -0.15) is 0 Å². The number of carbonyl (C=O) groups is 1. The van der Waals surface area contributed by atoms with Crippen LogP contribution in [0.25, 0.3) is 0 Å². The molecule has 1 heterocycles. The molecular weight excluding hydrogens is 357 g/mol. The minimum atomic E-state index is -4.06. The Hall–Kier alpha value is -2.61. The van der Waals surface area contributed by atoms with E-state index in [1.54, 1.807) is 12.1 Å². The van der Waals surface area contributed by atoms with E-state index >= 15 is 0 Å². The highest BCUT2D eigenvalue weighted by Crippen LogP contribution is 2.26. The number of nitrogens with one attached hydrogen (secondary N) is 2. The number of urea groups is 1. The van der Waals surface area contributed by atoms with Crippen LogP contribution in [0.3, 0.4) is 0 Å². The first-order valence-electron chi connectivity index (χ1n) is 8.30. The number of anilines is 2. The summed E-state index contributed by atoms with van der Waals surface area (Å²) < 4.78 is 39.1. The highest BCUT2D eigenvalue weighted by Gasteiger charge is 2.18. The Balaban J connectivity index is 1.67. The zero-order valence-corrected chi connectivity index (χ0v) is 15.1. The normalized spacial score (nSPS) is 14.3. The lowest BCUT2D eigenvalue weighted by molar-refractivity contribution is 0.256. The van der Waals surface area contributed by atoms with E-state index in [1.165, 1.54) is 12.8 Å². The second-order valence-corrected chi connectivity index (χ2v) is 7.89. The van der Waals surface area contributed by atoms with Crippen LogP contribution in [0.15, 0.2) is 47.4 Å². The highest BCUT2D eigenvalue weighted by molar-refractivity contribution is 7.90. The molecule has 1 aliphatic rings. The number of hydrogen-bond acceptors (Lipinski definition) is 4. The number of rotatable bonds is 4. The van der Waals surface area contributed by atoms with Gasteiger partial charge in [0.05, 0.1) is 4.90 Å². The third-order valence-corrected chi connectivity index (χ3v) is 5.60. The summed E-state index contributed by atoms with van der Waals surface area (Å²) in [5.74, 6) is -0.554. The van der Waals surface area contributed by atoms with Crippen LogP contribution >= 0.6 is 0 Å². The monoisotopic (exact) mass is 377 g/mol. The van der Waals surface area contributed by atoms with Gasteiger partial charge in [0.25, 0.3) is 10.0 Å². The van der Waals surface area contributed by atoms with Crippen molar-refractivity contribution in [2.75, 3.05) is 23.3 Å². The van der Waals surface area contributed by atoms with Crippen LogP contribution in [0.2, 0.25) is 0 Å². The lowest BCUT2D eigenvalue weighted by Gasteiger charge is -2.20. The Labute approximate surface area is 152 Å². The molecule has 0 aliphatic carbocycles. The Morgan fingerprint density at radius 3 is 2.35 bits per heavy atom. The smallest absolute Gasteiger partial charge is 0.333 e. The van der Waals surface area contributed by atoms with Gasteiger partial charge in [0.2, 0.25) is 0 Å². The van der Waals surface area contributed by atoms with Crippen LogP contribution in [0.1, 0.15) is 18.4 Å². The van der Waals surface area contributed by atoms with Gasteiger partial charge >= 0.3 is 6.03 Å². The molecule has 1 saturated heterocycles. The van der Waals surface area contributed by atoms with E-state index in [4.69, 9.17) is 0 Å². The van der Waals surface area contributed by atoms with Crippen LogP contribution in [-0.2, 0) is 10.0 Å². The maximum Gasteiger partial charge on any atom is 0.333 e. The second kappa shape index (κ2) is 7.33. The number of aryl methyl sites for hydroxylation is 1. The topological polar surface area (TPSA) is 78.5 Å². The van der Waals surface area contributed by atoms with Gasteiger partial charge < -0.3 is 10.2 Å². The quantitative estimate of drug-likeness (QED) is 0.857. The number of carbonyl (C=O) groups excluding carboxylic acids is 1. The van der Waals surface area contributed by atoms with Crippen molar-refractivity contribution in [2.24, 2.45) is 0 Å². The van der Waals surface area contributed by atoms with Crippen molar-refractivity contribution >= 4 is 27.4 Å². The predicted molar refractivity (Wildman–Crippen MR) is 98.4 cm³/mol. The fraction of sp³-hybridized carbons (Fsp3) is 0.278. The summed E-state index contributed by atoms with van der Waals surface area (Å²) >= 11 is 0. The molecule has 0 radical (unpaired) electrons. The molecule has 138 valence electrons. The summed E-state index contributed by atoms with van der Waals surface area (Å²) in [6.45, 7) is 3.99. The van der Waals surface area contributed by atoms with E-state index in [2.05, 4.69) is 10.2 Å². The Bertz CT molecular complexity index is 908. The third kappa shape index (κ3) is 4.13. The van der Waals surface area contributed by atoms with Crippen LogP contribution in [0.5, 0.6) is 0 Å². The highest BCUT2D eigenvalue weighted by atomic mass is 32.2. The second-order valence-electron chi connectivity index (χ2n) is 6.21. The molecule has 26 heavy (non-hydrogen) atoms. The van der Waals surface area contributed by atoms with Crippen LogP contribution in [0, 0.1) is 12.7 Å². The molecule has 0 aromatic heterocycles. The van der Waals surface area contributed by atoms with Crippen LogP contribution in [-0.4, -0.2) is 27.5 Å². The minimum absolute atomic E-state index is 0.186.